The second kappa shape index (κ2) is 10.3. The van der Waals surface area contributed by atoms with E-state index in [0.29, 0.717) is 36.3 Å². The van der Waals surface area contributed by atoms with E-state index in [9.17, 15) is 14.7 Å². The van der Waals surface area contributed by atoms with E-state index >= 15 is 0 Å². The number of ether oxygens (including phenoxy) is 1. The Bertz CT molecular complexity index is 828. The molecule has 0 radical (unpaired) electrons. The first-order chi connectivity index (χ1) is 13.4. The molecule has 6 nitrogen and oxygen atoms in total. The van der Waals surface area contributed by atoms with Crippen LogP contribution in [0.3, 0.4) is 0 Å². The maximum atomic E-state index is 10.9. The lowest BCUT2D eigenvalue weighted by Gasteiger charge is -2.15. The van der Waals surface area contributed by atoms with Gasteiger partial charge in [0.2, 0.25) is 0 Å². The van der Waals surface area contributed by atoms with Gasteiger partial charge in [0.15, 0.2) is 0 Å². The van der Waals surface area contributed by atoms with Crippen LogP contribution in [0.4, 0.5) is 0 Å². The average molecular weight is 386 g/mol. The standard InChI is InChI=1S/C22H26O6/c1-2-3-12-28-20-9-5-16(7-11-22(26)27)14-18(20)17-13-15(4-8-19(17)23)6-10-21(24)25/h4-5,8-9,13-14,23H,2-3,6-7,10-12H2,1H3,(H,24,25)(H,26,27). The third-order valence-corrected chi connectivity index (χ3v) is 4.41. The van der Waals surface area contributed by atoms with Crippen LogP contribution in [0.2, 0.25) is 0 Å². The molecular formula is C22H26O6. The van der Waals surface area contributed by atoms with E-state index < -0.39 is 11.9 Å². The molecule has 0 saturated carbocycles. The number of aryl methyl sites for hydroxylation is 2. The number of hydrogen-bond donors (Lipinski definition) is 3. The zero-order chi connectivity index (χ0) is 20.5. The number of unbranched alkanes of at least 4 members (excludes halogenated alkanes) is 1. The Kier molecular flexibility index (Phi) is 7.87. The number of hydrogen-bond acceptors (Lipinski definition) is 4. The fourth-order valence-electron chi connectivity index (χ4n) is 2.85. The number of carboxylic acid groups (broad SMARTS) is 2. The Hall–Kier alpha value is -3.02. The molecule has 0 amide bonds. The lowest BCUT2D eigenvalue weighted by Crippen LogP contribution is -2.01. The molecule has 0 saturated heterocycles. The highest BCUT2D eigenvalue weighted by molar-refractivity contribution is 5.77. The summed E-state index contributed by atoms with van der Waals surface area (Å²) in [6, 6.07) is 10.5. The molecule has 150 valence electrons. The molecule has 0 heterocycles. The number of phenols is 1. The number of benzene rings is 2. The van der Waals surface area contributed by atoms with E-state index in [1.165, 1.54) is 0 Å². The van der Waals surface area contributed by atoms with E-state index in [2.05, 4.69) is 6.92 Å². The van der Waals surface area contributed by atoms with Crippen LogP contribution in [0.15, 0.2) is 36.4 Å². The van der Waals surface area contributed by atoms with Gasteiger partial charge in [-0.2, -0.15) is 0 Å². The third kappa shape index (κ3) is 6.30. The first kappa shape index (κ1) is 21.3. The van der Waals surface area contributed by atoms with Crippen molar-refractivity contribution in [1.29, 1.82) is 0 Å². The first-order valence-electron chi connectivity index (χ1n) is 9.42. The van der Waals surface area contributed by atoms with Crippen molar-refractivity contribution in [1.82, 2.24) is 0 Å². The van der Waals surface area contributed by atoms with Gasteiger partial charge in [0.1, 0.15) is 11.5 Å². The Labute approximate surface area is 164 Å². The second-order valence-electron chi connectivity index (χ2n) is 6.67. The molecule has 0 spiro atoms. The minimum atomic E-state index is -0.881. The van der Waals surface area contributed by atoms with E-state index in [-0.39, 0.29) is 18.6 Å². The maximum absolute atomic E-state index is 10.9. The molecule has 3 N–H and O–H groups in total. The van der Waals surface area contributed by atoms with Gasteiger partial charge in [-0.1, -0.05) is 25.5 Å². The fourth-order valence-corrected chi connectivity index (χ4v) is 2.85. The molecule has 0 aliphatic heterocycles. The number of rotatable bonds is 11. The lowest BCUT2D eigenvalue weighted by atomic mass is 9.96. The number of aromatic hydroxyl groups is 1. The smallest absolute Gasteiger partial charge is 0.303 e. The molecular weight excluding hydrogens is 360 g/mol. The molecule has 0 atom stereocenters. The fraction of sp³-hybridized carbons (Fsp3) is 0.364. The van der Waals surface area contributed by atoms with E-state index in [1.54, 1.807) is 24.3 Å². The summed E-state index contributed by atoms with van der Waals surface area (Å²) in [4.78, 5) is 21.7. The van der Waals surface area contributed by atoms with Crippen molar-refractivity contribution in [3.63, 3.8) is 0 Å². The molecule has 2 aromatic carbocycles. The van der Waals surface area contributed by atoms with Crippen LogP contribution in [-0.4, -0.2) is 33.9 Å². The molecule has 0 unspecified atom stereocenters. The Morgan fingerprint density at radius 1 is 0.893 bits per heavy atom. The molecule has 2 rings (SSSR count). The summed E-state index contributed by atoms with van der Waals surface area (Å²) >= 11 is 0. The van der Waals surface area contributed by atoms with Crippen molar-refractivity contribution >= 4 is 11.9 Å². The van der Waals surface area contributed by atoms with Gasteiger partial charge in [0.05, 0.1) is 6.61 Å². The zero-order valence-corrected chi connectivity index (χ0v) is 16.0. The predicted octanol–water partition coefficient (Wildman–Crippen LogP) is 4.27. The maximum Gasteiger partial charge on any atom is 0.303 e. The van der Waals surface area contributed by atoms with Gasteiger partial charge in [0.25, 0.3) is 0 Å². The predicted molar refractivity (Wildman–Crippen MR) is 106 cm³/mol. The normalized spacial score (nSPS) is 10.6. The lowest BCUT2D eigenvalue weighted by molar-refractivity contribution is -0.138. The van der Waals surface area contributed by atoms with Crippen molar-refractivity contribution in [3.05, 3.63) is 47.5 Å². The molecule has 6 heteroatoms. The van der Waals surface area contributed by atoms with Crippen molar-refractivity contribution in [2.45, 2.75) is 45.4 Å². The van der Waals surface area contributed by atoms with E-state index in [1.807, 2.05) is 12.1 Å². The summed E-state index contributed by atoms with van der Waals surface area (Å²) in [5, 5.41) is 28.2. The third-order valence-electron chi connectivity index (χ3n) is 4.41. The van der Waals surface area contributed by atoms with Gasteiger partial charge in [0, 0.05) is 24.0 Å². The van der Waals surface area contributed by atoms with Gasteiger partial charge in [-0.05, 0) is 54.7 Å². The number of carboxylic acids is 2. The summed E-state index contributed by atoms with van der Waals surface area (Å²) in [5.41, 5.74) is 2.85. The average Bonchev–Trinajstić information content (AvgIpc) is 2.66. The van der Waals surface area contributed by atoms with Crippen molar-refractivity contribution < 1.29 is 29.6 Å². The minimum Gasteiger partial charge on any atom is -0.507 e. The Morgan fingerprint density at radius 2 is 1.46 bits per heavy atom. The highest BCUT2D eigenvalue weighted by atomic mass is 16.5. The van der Waals surface area contributed by atoms with Gasteiger partial charge < -0.3 is 20.1 Å². The van der Waals surface area contributed by atoms with Gasteiger partial charge in [-0.15, -0.1) is 0 Å². The second-order valence-corrected chi connectivity index (χ2v) is 6.67. The number of aliphatic carboxylic acids is 2. The summed E-state index contributed by atoms with van der Waals surface area (Å²) in [6.07, 6.45) is 2.63. The van der Waals surface area contributed by atoms with Crippen LogP contribution in [0.1, 0.15) is 43.7 Å². The summed E-state index contributed by atoms with van der Waals surface area (Å²) in [5.74, 6) is -1.08. The molecule has 0 aromatic heterocycles. The van der Waals surface area contributed by atoms with E-state index in [4.69, 9.17) is 14.9 Å². The van der Waals surface area contributed by atoms with Crippen LogP contribution in [0, 0.1) is 0 Å². The molecule has 2 aromatic rings. The highest BCUT2D eigenvalue weighted by Crippen LogP contribution is 2.38. The molecule has 0 bridgehead atoms. The van der Waals surface area contributed by atoms with Gasteiger partial charge in [-0.3, -0.25) is 9.59 Å². The van der Waals surface area contributed by atoms with Crippen LogP contribution in [-0.2, 0) is 22.4 Å². The highest BCUT2D eigenvalue weighted by Gasteiger charge is 2.14. The van der Waals surface area contributed by atoms with Crippen molar-refractivity contribution in [2.24, 2.45) is 0 Å². The van der Waals surface area contributed by atoms with Crippen LogP contribution >= 0.6 is 0 Å². The number of carbonyl (C=O) groups is 2. The Morgan fingerprint density at radius 3 is 2.04 bits per heavy atom. The topological polar surface area (TPSA) is 104 Å². The van der Waals surface area contributed by atoms with Gasteiger partial charge in [-0.25, -0.2) is 0 Å². The van der Waals surface area contributed by atoms with Gasteiger partial charge >= 0.3 is 11.9 Å². The summed E-state index contributed by atoms with van der Waals surface area (Å²) in [6.45, 7) is 2.61. The quantitative estimate of drug-likeness (QED) is 0.498. The SMILES string of the molecule is CCCCOc1ccc(CCC(=O)O)cc1-c1cc(CCC(=O)O)ccc1O. The molecule has 0 fully saturated rings. The van der Waals surface area contributed by atoms with E-state index in [0.717, 1.165) is 24.0 Å². The number of phenolic OH excluding ortho intramolecular Hbond substituents is 1. The monoisotopic (exact) mass is 386 g/mol. The summed E-state index contributed by atoms with van der Waals surface area (Å²) in [7, 11) is 0. The first-order valence-corrected chi connectivity index (χ1v) is 9.42. The zero-order valence-electron chi connectivity index (χ0n) is 16.0. The van der Waals surface area contributed by atoms with Crippen molar-refractivity contribution in [2.75, 3.05) is 6.61 Å². The molecule has 0 aliphatic rings. The largest absolute Gasteiger partial charge is 0.507 e. The Balaban J connectivity index is 2.40. The molecule has 0 aliphatic carbocycles. The van der Waals surface area contributed by atoms with Crippen molar-refractivity contribution in [3.8, 4) is 22.6 Å². The van der Waals surface area contributed by atoms with Crippen LogP contribution in [0.5, 0.6) is 11.5 Å². The molecule has 28 heavy (non-hydrogen) atoms. The minimum absolute atomic E-state index is 0.00270. The summed E-state index contributed by atoms with van der Waals surface area (Å²) < 4.78 is 5.88. The van der Waals surface area contributed by atoms with Crippen LogP contribution in [0.25, 0.3) is 11.1 Å². The van der Waals surface area contributed by atoms with Crippen LogP contribution < -0.4 is 4.74 Å².